The van der Waals surface area contributed by atoms with E-state index in [0.29, 0.717) is 11.3 Å². The molecule has 6 heteroatoms. The Bertz CT molecular complexity index is 816. The van der Waals surface area contributed by atoms with Gasteiger partial charge in [0.2, 0.25) is 0 Å². The minimum Gasteiger partial charge on any atom is -0.457 e. The number of carbonyl (C=O) groups excluding carboxylic acids is 2. The zero-order valence-electron chi connectivity index (χ0n) is 13.6. The molecule has 128 valence electrons. The Hall–Kier alpha value is -2.60. The van der Waals surface area contributed by atoms with Crippen molar-refractivity contribution >= 4 is 27.9 Å². The molecule has 2 aromatic carbocycles. The largest absolute Gasteiger partial charge is 0.457 e. The Labute approximate surface area is 154 Å². The lowest BCUT2D eigenvalue weighted by Gasteiger charge is -2.28. The highest BCUT2D eigenvalue weighted by Gasteiger charge is 2.32. The maximum absolute atomic E-state index is 12.7. The fraction of sp³-hybridized carbons (Fsp3) is 0.158. The summed E-state index contributed by atoms with van der Waals surface area (Å²) >= 11 is 3.38. The zero-order valence-corrected chi connectivity index (χ0v) is 15.2. The van der Waals surface area contributed by atoms with Crippen molar-refractivity contribution < 1.29 is 14.3 Å². The molecule has 2 amide bonds. The smallest absolute Gasteiger partial charge is 0.338 e. The van der Waals surface area contributed by atoms with Crippen LogP contribution in [0.1, 0.15) is 24.1 Å². The summed E-state index contributed by atoms with van der Waals surface area (Å²) in [5.41, 5.74) is 2.61. The molecule has 25 heavy (non-hydrogen) atoms. The third-order valence-electron chi connectivity index (χ3n) is 3.91. The first-order chi connectivity index (χ1) is 12.0. The van der Waals surface area contributed by atoms with Crippen molar-refractivity contribution in [2.45, 2.75) is 19.6 Å². The highest BCUT2D eigenvalue weighted by molar-refractivity contribution is 9.10. The van der Waals surface area contributed by atoms with Gasteiger partial charge in [-0.15, -0.1) is 0 Å². The molecule has 0 aromatic heterocycles. The number of urea groups is 1. The minimum absolute atomic E-state index is 0.178. The fourth-order valence-corrected chi connectivity index (χ4v) is 2.93. The number of nitrogens with one attached hydrogen (secondary N) is 2. The van der Waals surface area contributed by atoms with Crippen molar-refractivity contribution in [3.05, 3.63) is 81.5 Å². The molecule has 0 bridgehead atoms. The molecule has 0 fully saturated rings. The van der Waals surface area contributed by atoms with Gasteiger partial charge < -0.3 is 15.4 Å². The first kappa shape index (κ1) is 17.2. The number of hydrogen-bond donors (Lipinski definition) is 2. The molecule has 5 nitrogen and oxygen atoms in total. The summed E-state index contributed by atoms with van der Waals surface area (Å²) in [4.78, 5) is 24.5. The number of esters is 1. The van der Waals surface area contributed by atoms with E-state index >= 15 is 0 Å². The van der Waals surface area contributed by atoms with Crippen LogP contribution in [-0.2, 0) is 16.1 Å². The zero-order chi connectivity index (χ0) is 17.8. The highest BCUT2D eigenvalue weighted by Crippen LogP contribution is 2.28. The molecular formula is C19H17BrN2O3. The van der Waals surface area contributed by atoms with Gasteiger partial charge in [-0.2, -0.15) is 0 Å². The molecule has 1 aliphatic rings. The number of hydrogen-bond acceptors (Lipinski definition) is 3. The lowest BCUT2D eigenvalue weighted by atomic mass is 9.96. The third-order valence-corrected chi connectivity index (χ3v) is 4.43. The maximum Gasteiger partial charge on any atom is 0.338 e. The summed E-state index contributed by atoms with van der Waals surface area (Å²) in [6.07, 6.45) is 0. The molecule has 1 aliphatic heterocycles. The van der Waals surface area contributed by atoms with Crippen LogP contribution in [0.25, 0.3) is 0 Å². The summed E-state index contributed by atoms with van der Waals surface area (Å²) in [5.74, 6) is -0.457. The number of allylic oxidation sites excluding steroid dienone is 1. The quantitative estimate of drug-likeness (QED) is 0.766. The highest BCUT2D eigenvalue weighted by atomic mass is 79.9. The SMILES string of the molecule is CC1=C(C(=O)OCc2ccccc2)C(c2ccc(Br)cc2)NC(=O)N1. The van der Waals surface area contributed by atoms with Crippen molar-refractivity contribution in [3.8, 4) is 0 Å². The van der Waals surface area contributed by atoms with Crippen molar-refractivity contribution in [1.82, 2.24) is 10.6 Å². The molecule has 2 aromatic rings. The molecule has 0 radical (unpaired) electrons. The standard InChI is InChI=1S/C19H17BrN2O3/c1-12-16(18(23)25-11-13-5-3-2-4-6-13)17(22-19(24)21-12)14-7-9-15(20)10-8-14/h2-10,17H,11H2,1H3,(H2,21,22,24). The molecule has 0 saturated heterocycles. The fourth-order valence-electron chi connectivity index (χ4n) is 2.67. The molecule has 0 spiro atoms. The van der Waals surface area contributed by atoms with E-state index in [9.17, 15) is 9.59 Å². The average molecular weight is 401 g/mol. The number of carbonyl (C=O) groups is 2. The number of ether oxygens (including phenoxy) is 1. The molecular weight excluding hydrogens is 384 g/mol. The van der Waals surface area contributed by atoms with Crippen LogP contribution in [0.15, 0.2) is 70.3 Å². The van der Waals surface area contributed by atoms with Gasteiger partial charge in [0.05, 0.1) is 11.6 Å². The van der Waals surface area contributed by atoms with Crippen molar-refractivity contribution in [2.24, 2.45) is 0 Å². The van der Waals surface area contributed by atoms with Gasteiger partial charge in [0.15, 0.2) is 0 Å². The van der Waals surface area contributed by atoms with E-state index in [1.807, 2.05) is 54.6 Å². The van der Waals surface area contributed by atoms with E-state index in [1.165, 1.54) is 0 Å². The van der Waals surface area contributed by atoms with Crippen molar-refractivity contribution in [3.63, 3.8) is 0 Å². The molecule has 1 heterocycles. The summed E-state index contributed by atoms with van der Waals surface area (Å²) in [7, 11) is 0. The van der Waals surface area contributed by atoms with Crippen LogP contribution in [0.2, 0.25) is 0 Å². The van der Waals surface area contributed by atoms with E-state index < -0.39 is 12.0 Å². The van der Waals surface area contributed by atoms with Gasteiger partial charge in [0, 0.05) is 10.2 Å². The van der Waals surface area contributed by atoms with Crippen LogP contribution in [0.4, 0.5) is 4.79 Å². The number of rotatable bonds is 4. The topological polar surface area (TPSA) is 67.4 Å². The van der Waals surface area contributed by atoms with Gasteiger partial charge >= 0.3 is 12.0 Å². The van der Waals surface area contributed by atoms with Crippen LogP contribution >= 0.6 is 15.9 Å². The van der Waals surface area contributed by atoms with Gasteiger partial charge in [0.25, 0.3) is 0 Å². The Kier molecular flexibility index (Phi) is 5.19. The Morgan fingerprint density at radius 3 is 2.48 bits per heavy atom. The first-order valence-electron chi connectivity index (χ1n) is 7.79. The van der Waals surface area contributed by atoms with Crippen LogP contribution in [0.3, 0.4) is 0 Å². The van der Waals surface area contributed by atoms with Gasteiger partial charge in [-0.3, -0.25) is 0 Å². The number of halogens is 1. The molecule has 2 N–H and O–H groups in total. The molecule has 1 atom stereocenters. The lowest BCUT2D eigenvalue weighted by molar-refractivity contribution is -0.140. The van der Waals surface area contributed by atoms with Gasteiger partial charge in [-0.1, -0.05) is 58.4 Å². The second kappa shape index (κ2) is 7.53. The van der Waals surface area contributed by atoms with Crippen LogP contribution in [-0.4, -0.2) is 12.0 Å². The normalized spacial score (nSPS) is 16.9. The summed E-state index contributed by atoms with van der Waals surface area (Å²) in [5, 5.41) is 5.43. The molecule has 0 aliphatic carbocycles. The second-order valence-corrected chi connectivity index (χ2v) is 6.60. The van der Waals surface area contributed by atoms with Crippen LogP contribution < -0.4 is 10.6 Å². The second-order valence-electron chi connectivity index (χ2n) is 5.68. The van der Waals surface area contributed by atoms with Gasteiger partial charge in [-0.05, 0) is 30.2 Å². The molecule has 0 saturated carbocycles. The molecule has 3 rings (SSSR count). The minimum atomic E-state index is -0.551. The van der Waals surface area contributed by atoms with E-state index in [-0.39, 0.29) is 12.6 Å². The lowest BCUT2D eigenvalue weighted by Crippen LogP contribution is -2.45. The van der Waals surface area contributed by atoms with E-state index in [1.54, 1.807) is 6.92 Å². The van der Waals surface area contributed by atoms with Crippen LogP contribution in [0.5, 0.6) is 0 Å². The van der Waals surface area contributed by atoms with Crippen LogP contribution in [0, 0.1) is 0 Å². The summed E-state index contributed by atoms with van der Waals surface area (Å²) in [6.45, 7) is 1.88. The van der Waals surface area contributed by atoms with E-state index in [4.69, 9.17) is 4.74 Å². The summed E-state index contributed by atoms with van der Waals surface area (Å²) in [6, 6.07) is 16.0. The van der Waals surface area contributed by atoms with E-state index in [0.717, 1.165) is 15.6 Å². The number of amides is 2. The third kappa shape index (κ3) is 4.09. The van der Waals surface area contributed by atoms with Gasteiger partial charge in [0.1, 0.15) is 6.61 Å². The predicted octanol–water partition coefficient (Wildman–Crippen LogP) is 3.82. The van der Waals surface area contributed by atoms with Gasteiger partial charge in [-0.25, -0.2) is 9.59 Å². The number of benzene rings is 2. The first-order valence-corrected chi connectivity index (χ1v) is 8.58. The Balaban J connectivity index is 1.84. The van der Waals surface area contributed by atoms with Crippen molar-refractivity contribution in [1.29, 1.82) is 0 Å². The Morgan fingerprint density at radius 2 is 1.80 bits per heavy atom. The summed E-state index contributed by atoms with van der Waals surface area (Å²) < 4.78 is 6.37. The maximum atomic E-state index is 12.7. The average Bonchev–Trinajstić information content (AvgIpc) is 2.60. The monoisotopic (exact) mass is 400 g/mol. The predicted molar refractivity (Wildman–Crippen MR) is 97.5 cm³/mol. The molecule has 1 unspecified atom stereocenters. The Morgan fingerprint density at radius 1 is 1.12 bits per heavy atom. The van der Waals surface area contributed by atoms with E-state index in [2.05, 4.69) is 26.6 Å². The van der Waals surface area contributed by atoms with Crippen molar-refractivity contribution in [2.75, 3.05) is 0 Å².